The molecule has 2 aliphatic rings. The summed E-state index contributed by atoms with van der Waals surface area (Å²) in [6.07, 6.45) is 0.00473. The van der Waals surface area contributed by atoms with Crippen LogP contribution in [-0.4, -0.2) is 62.2 Å². The van der Waals surface area contributed by atoms with Crippen LogP contribution in [0.1, 0.15) is 29.6 Å². The minimum Gasteiger partial charge on any atom is -0.490 e. The van der Waals surface area contributed by atoms with Crippen molar-refractivity contribution in [2.75, 3.05) is 18.4 Å². The van der Waals surface area contributed by atoms with Gasteiger partial charge in [0.1, 0.15) is 24.3 Å². The first kappa shape index (κ1) is 23.0. The van der Waals surface area contributed by atoms with E-state index in [0.29, 0.717) is 12.8 Å². The molecule has 9 nitrogen and oxygen atoms in total. The number of nitrogens with one attached hydrogen (secondary N) is 1. The van der Waals surface area contributed by atoms with Crippen LogP contribution in [-0.2, 0) is 19.6 Å². The van der Waals surface area contributed by atoms with Crippen LogP contribution >= 0.6 is 0 Å². The van der Waals surface area contributed by atoms with Gasteiger partial charge in [-0.15, -0.1) is 0 Å². The standard InChI is InChI=1S/C22H23FN2O7S/c1-25-18-8-5-15(11-21(26)27)32-20(18)12-31-19-9-4-14(10-17(19)22(25)28)24-33(29,30)16-6-2-13(23)3-7-16/h2-4,6-7,9-10,15,18,20,24H,5,8,11-12H2,1H3,(H,26,27)/t15-,18+,20+/m1/s1. The summed E-state index contributed by atoms with van der Waals surface area (Å²) in [6.45, 7) is 0.117. The molecule has 0 unspecified atom stereocenters. The van der Waals surface area contributed by atoms with Crippen LogP contribution < -0.4 is 9.46 Å². The molecule has 2 heterocycles. The Morgan fingerprint density at radius 2 is 1.94 bits per heavy atom. The van der Waals surface area contributed by atoms with E-state index in [0.717, 1.165) is 24.3 Å². The van der Waals surface area contributed by atoms with E-state index in [1.807, 2.05) is 0 Å². The average molecular weight is 478 g/mol. The lowest BCUT2D eigenvalue weighted by atomic mass is 9.95. The van der Waals surface area contributed by atoms with Crippen LogP contribution in [0.4, 0.5) is 10.1 Å². The fraction of sp³-hybridized carbons (Fsp3) is 0.364. The molecule has 2 aliphatic heterocycles. The van der Waals surface area contributed by atoms with Gasteiger partial charge in [-0.2, -0.15) is 0 Å². The van der Waals surface area contributed by atoms with Crippen molar-refractivity contribution in [3.05, 3.63) is 53.8 Å². The minimum atomic E-state index is -3.99. The van der Waals surface area contributed by atoms with Gasteiger partial charge < -0.3 is 19.5 Å². The van der Waals surface area contributed by atoms with Crippen LogP contribution in [0.5, 0.6) is 5.75 Å². The largest absolute Gasteiger partial charge is 0.490 e. The van der Waals surface area contributed by atoms with Crippen molar-refractivity contribution in [2.24, 2.45) is 0 Å². The summed E-state index contributed by atoms with van der Waals surface area (Å²) < 4.78 is 52.5. The molecular weight excluding hydrogens is 455 g/mol. The first-order valence-corrected chi connectivity index (χ1v) is 11.8. The molecule has 33 heavy (non-hydrogen) atoms. The van der Waals surface area contributed by atoms with Gasteiger partial charge in [0.05, 0.1) is 29.0 Å². The number of carbonyl (C=O) groups is 2. The lowest BCUT2D eigenvalue weighted by Crippen LogP contribution is -2.53. The summed E-state index contributed by atoms with van der Waals surface area (Å²) in [4.78, 5) is 25.6. The summed E-state index contributed by atoms with van der Waals surface area (Å²) in [6, 6.07) is 8.42. The number of benzene rings is 2. The monoisotopic (exact) mass is 478 g/mol. The van der Waals surface area contributed by atoms with Crippen LogP contribution in [0.25, 0.3) is 0 Å². The lowest BCUT2D eigenvalue weighted by Gasteiger charge is -2.42. The maximum absolute atomic E-state index is 13.2. The van der Waals surface area contributed by atoms with Crippen molar-refractivity contribution >= 4 is 27.6 Å². The first-order valence-electron chi connectivity index (χ1n) is 10.3. The zero-order valence-corrected chi connectivity index (χ0v) is 18.5. The molecule has 2 N–H and O–H groups in total. The second-order valence-corrected chi connectivity index (χ2v) is 9.72. The van der Waals surface area contributed by atoms with Gasteiger partial charge in [0, 0.05) is 12.7 Å². The Balaban J connectivity index is 1.57. The Kier molecular flexibility index (Phi) is 6.26. The van der Waals surface area contributed by atoms with Crippen molar-refractivity contribution < 1.29 is 37.0 Å². The number of sulfonamides is 1. The van der Waals surface area contributed by atoms with Gasteiger partial charge >= 0.3 is 5.97 Å². The number of carboxylic acids is 1. The molecule has 0 bridgehead atoms. The summed E-state index contributed by atoms with van der Waals surface area (Å²) in [5.41, 5.74) is 0.338. The number of amides is 1. The quantitative estimate of drug-likeness (QED) is 0.677. The Bertz CT molecular complexity index is 1170. The number of anilines is 1. The molecule has 3 atom stereocenters. The second-order valence-electron chi connectivity index (χ2n) is 8.04. The normalized spacial score (nSPS) is 22.9. The maximum atomic E-state index is 13.2. The van der Waals surface area contributed by atoms with Crippen molar-refractivity contribution in [1.29, 1.82) is 0 Å². The number of hydrogen-bond acceptors (Lipinski definition) is 6. The number of carboxylic acid groups (broad SMARTS) is 1. The molecule has 0 saturated carbocycles. The van der Waals surface area contributed by atoms with Gasteiger partial charge in [-0.1, -0.05) is 0 Å². The van der Waals surface area contributed by atoms with E-state index in [-0.39, 0.29) is 46.9 Å². The highest BCUT2D eigenvalue weighted by Gasteiger charge is 2.39. The third-order valence-corrected chi connectivity index (χ3v) is 7.19. The molecule has 0 spiro atoms. The summed E-state index contributed by atoms with van der Waals surface area (Å²) >= 11 is 0. The maximum Gasteiger partial charge on any atom is 0.305 e. The molecule has 0 radical (unpaired) electrons. The number of nitrogens with zero attached hydrogens (tertiary/aromatic N) is 1. The van der Waals surface area contributed by atoms with E-state index >= 15 is 0 Å². The van der Waals surface area contributed by atoms with Crippen molar-refractivity contribution in [3.8, 4) is 5.75 Å². The number of fused-ring (bicyclic) bond motifs is 2. The van der Waals surface area contributed by atoms with E-state index in [1.165, 1.54) is 23.1 Å². The average Bonchev–Trinajstić information content (AvgIpc) is 2.76. The van der Waals surface area contributed by atoms with Gasteiger partial charge in [0.25, 0.3) is 15.9 Å². The highest BCUT2D eigenvalue weighted by molar-refractivity contribution is 7.92. The third kappa shape index (κ3) is 4.93. The summed E-state index contributed by atoms with van der Waals surface area (Å²) in [5.74, 6) is -1.61. The highest BCUT2D eigenvalue weighted by atomic mass is 32.2. The number of aliphatic carboxylic acids is 1. The second kappa shape index (κ2) is 8.99. The lowest BCUT2D eigenvalue weighted by molar-refractivity contribution is -0.148. The minimum absolute atomic E-state index is 0.116. The van der Waals surface area contributed by atoms with E-state index in [1.54, 1.807) is 7.05 Å². The number of hydrogen-bond donors (Lipinski definition) is 2. The topological polar surface area (TPSA) is 122 Å². The van der Waals surface area contributed by atoms with Crippen LogP contribution in [0.3, 0.4) is 0 Å². The number of carbonyl (C=O) groups excluding carboxylic acids is 1. The smallest absolute Gasteiger partial charge is 0.305 e. The van der Waals surface area contributed by atoms with Gasteiger partial charge in [0.15, 0.2) is 0 Å². The third-order valence-electron chi connectivity index (χ3n) is 5.79. The Morgan fingerprint density at radius 3 is 2.64 bits per heavy atom. The van der Waals surface area contributed by atoms with Crippen molar-refractivity contribution in [1.82, 2.24) is 4.90 Å². The van der Waals surface area contributed by atoms with Gasteiger partial charge in [0.2, 0.25) is 0 Å². The van der Waals surface area contributed by atoms with E-state index in [4.69, 9.17) is 14.6 Å². The molecule has 2 aromatic carbocycles. The summed E-state index contributed by atoms with van der Waals surface area (Å²) in [7, 11) is -2.36. The zero-order chi connectivity index (χ0) is 23.8. The number of ether oxygens (including phenoxy) is 2. The van der Waals surface area contributed by atoms with Crippen LogP contribution in [0.15, 0.2) is 47.4 Å². The van der Waals surface area contributed by atoms with Gasteiger partial charge in [-0.05, 0) is 55.3 Å². The van der Waals surface area contributed by atoms with Gasteiger partial charge in [-0.3, -0.25) is 14.3 Å². The van der Waals surface area contributed by atoms with E-state index in [9.17, 15) is 22.4 Å². The molecule has 1 saturated heterocycles. The Labute approximate surface area is 190 Å². The number of likely N-dealkylation sites (N-methyl/N-ethyl adjacent to an activating group) is 1. The molecule has 176 valence electrons. The predicted octanol–water partition coefficient (Wildman–Crippen LogP) is 2.48. The molecule has 0 aromatic heterocycles. The van der Waals surface area contributed by atoms with Crippen molar-refractivity contribution in [3.63, 3.8) is 0 Å². The molecule has 1 amide bonds. The Morgan fingerprint density at radius 1 is 1.21 bits per heavy atom. The van der Waals surface area contributed by atoms with Crippen LogP contribution in [0.2, 0.25) is 0 Å². The van der Waals surface area contributed by atoms with Crippen LogP contribution in [0, 0.1) is 5.82 Å². The van der Waals surface area contributed by atoms with Gasteiger partial charge in [-0.25, -0.2) is 12.8 Å². The fourth-order valence-corrected chi connectivity index (χ4v) is 5.16. The number of rotatable bonds is 5. The molecule has 0 aliphatic carbocycles. The van der Waals surface area contributed by atoms with Crippen molar-refractivity contribution in [2.45, 2.75) is 42.4 Å². The first-order chi connectivity index (χ1) is 15.6. The number of halogens is 1. The molecule has 11 heteroatoms. The SMILES string of the molecule is CN1C(=O)c2cc(NS(=O)(=O)c3ccc(F)cc3)ccc2OC[C@@H]2O[C@@H](CC(=O)O)CC[C@@H]21. The predicted molar refractivity (Wildman–Crippen MR) is 115 cm³/mol. The molecule has 2 aromatic rings. The molecule has 4 rings (SSSR count). The molecular formula is C22H23FN2O7S. The van der Waals surface area contributed by atoms with E-state index < -0.39 is 34.0 Å². The molecule has 1 fully saturated rings. The zero-order valence-electron chi connectivity index (χ0n) is 17.7. The summed E-state index contributed by atoms with van der Waals surface area (Å²) in [5, 5.41) is 9.04. The van der Waals surface area contributed by atoms with E-state index in [2.05, 4.69) is 4.72 Å². The fourth-order valence-electron chi connectivity index (χ4n) is 4.11. The highest BCUT2D eigenvalue weighted by Crippen LogP contribution is 2.33. The Hall–Kier alpha value is -3.18.